The average Bonchev–Trinajstić information content (AvgIpc) is 2.80. The predicted octanol–water partition coefficient (Wildman–Crippen LogP) is 3.19. The molecule has 0 aromatic heterocycles. The Balaban J connectivity index is 2.42. The van der Waals surface area contributed by atoms with Gasteiger partial charge in [-0.05, 0) is 12.1 Å². The van der Waals surface area contributed by atoms with Crippen LogP contribution in [0.3, 0.4) is 0 Å². The number of benzene rings is 1. The molecule has 0 unspecified atom stereocenters. The third kappa shape index (κ3) is 2.33. The van der Waals surface area contributed by atoms with Gasteiger partial charge in [0.25, 0.3) is 0 Å². The van der Waals surface area contributed by atoms with E-state index in [4.69, 9.17) is 4.74 Å². The summed E-state index contributed by atoms with van der Waals surface area (Å²) in [5.74, 6) is -0.711. The number of carbonyl (C=O) groups excluding carboxylic acids is 1. The van der Waals surface area contributed by atoms with E-state index in [1.807, 2.05) is 0 Å². The minimum Gasteiger partial charge on any atom is -0.489 e. The Kier molecular flexibility index (Phi) is 2.92. The molecule has 1 aromatic rings. The zero-order valence-electron chi connectivity index (χ0n) is 8.75. The van der Waals surface area contributed by atoms with Crippen LogP contribution < -0.4 is 0 Å². The van der Waals surface area contributed by atoms with Gasteiger partial charge < -0.3 is 4.74 Å². The van der Waals surface area contributed by atoms with Crippen molar-refractivity contribution in [1.82, 2.24) is 0 Å². The molecule has 0 bridgehead atoms. The van der Waals surface area contributed by atoms with E-state index in [9.17, 15) is 18.0 Å². The van der Waals surface area contributed by atoms with Crippen LogP contribution in [-0.4, -0.2) is 12.4 Å². The van der Waals surface area contributed by atoms with Crippen molar-refractivity contribution in [3.05, 3.63) is 47.2 Å². The molecule has 0 saturated carbocycles. The van der Waals surface area contributed by atoms with Gasteiger partial charge in [-0.15, -0.1) is 0 Å². The zero-order chi connectivity index (χ0) is 12.5. The molecule has 1 heterocycles. The van der Waals surface area contributed by atoms with Crippen LogP contribution in [0.1, 0.15) is 22.3 Å². The molecule has 1 aliphatic heterocycles. The highest BCUT2D eigenvalue weighted by atomic mass is 19.4. The summed E-state index contributed by atoms with van der Waals surface area (Å²) in [6, 6.07) is 4.71. The van der Waals surface area contributed by atoms with Gasteiger partial charge in [0.15, 0.2) is 5.76 Å². The number of allylic oxidation sites excluding steroid dienone is 1. The van der Waals surface area contributed by atoms with Gasteiger partial charge in [0.05, 0.1) is 12.2 Å². The Morgan fingerprint density at radius 3 is 2.53 bits per heavy atom. The highest BCUT2D eigenvalue weighted by Crippen LogP contribution is 2.33. The second kappa shape index (κ2) is 4.24. The van der Waals surface area contributed by atoms with Crippen molar-refractivity contribution in [2.75, 3.05) is 6.61 Å². The zero-order valence-corrected chi connectivity index (χ0v) is 8.75. The first-order chi connectivity index (χ1) is 8.00. The Hall–Kier alpha value is -1.78. The second-order valence-corrected chi connectivity index (χ2v) is 3.58. The molecule has 0 spiro atoms. The number of carbonyl (C=O) groups is 1. The van der Waals surface area contributed by atoms with Crippen molar-refractivity contribution < 1.29 is 22.7 Å². The van der Waals surface area contributed by atoms with E-state index in [-0.39, 0.29) is 11.3 Å². The largest absolute Gasteiger partial charge is 0.489 e. The highest BCUT2D eigenvalue weighted by molar-refractivity contribution is 6.08. The van der Waals surface area contributed by atoms with E-state index in [0.717, 1.165) is 12.1 Å². The Bertz CT molecular complexity index is 475. The molecule has 2 nitrogen and oxygen atoms in total. The fourth-order valence-corrected chi connectivity index (χ4v) is 1.64. The average molecular weight is 242 g/mol. The van der Waals surface area contributed by atoms with Gasteiger partial charge in [-0.1, -0.05) is 18.2 Å². The summed E-state index contributed by atoms with van der Waals surface area (Å²) in [5, 5.41) is 0. The summed E-state index contributed by atoms with van der Waals surface area (Å²) >= 11 is 0. The van der Waals surface area contributed by atoms with Crippen molar-refractivity contribution in [2.24, 2.45) is 0 Å². The maximum absolute atomic E-state index is 12.7. The quantitative estimate of drug-likeness (QED) is 0.744. The Labute approximate surface area is 95.7 Å². The minimum absolute atomic E-state index is 0.00157. The van der Waals surface area contributed by atoms with Gasteiger partial charge in [-0.2, -0.15) is 13.2 Å². The molecule has 0 amide bonds. The molecule has 0 radical (unpaired) electrons. The number of alkyl halides is 3. The topological polar surface area (TPSA) is 26.3 Å². The third-order valence-corrected chi connectivity index (χ3v) is 2.41. The molecule has 90 valence electrons. The van der Waals surface area contributed by atoms with E-state index in [2.05, 4.69) is 0 Å². The van der Waals surface area contributed by atoms with E-state index in [0.29, 0.717) is 13.0 Å². The van der Waals surface area contributed by atoms with Crippen LogP contribution in [0, 0.1) is 0 Å². The van der Waals surface area contributed by atoms with Crippen LogP contribution in [0.4, 0.5) is 13.2 Å². The van der Waals surface area contributed by atoms with E-state index < -0.39 is 17.5 Å². The number of Topliss-reactive ketones (excluding diaryl/α,β-unsaturated/α-hetero) is 1. The van der Waals surface area contributed by atoms with Gasteiger partial charge >= 0.3 is 6.18 Å². The normalized spacial score (nSPS) is 15.4. The summed E-state index contributed by atoms with van der Waals surface area (Å²) < 4.78 is 43.0. The number of halogens is 3. The predicted molar refractivity (Wildman–Crippen MR) is 54.4 cm³/mol. The molecule has 0 aliphatic carbocycles. The number of ketones is 1. The second-order valence-electron chi connectivity index (χ2n) is 3.58. The lowest BCUT2D eigenvalue weighted by molar-refractivity contribution is -0.137. The van der Waals surface area contributed by atoms with Crippen LogP contribution >= 0.6 is 0 Å². The Morgan fingerprint density at radius 2 is 1.94 bits per heavy atom. The minimum atomic E-state index is -4.54. The van der Waals surface area contributed by atoms with Gasteiger partial charge in [0.1, 0.15) is 0 Å². The SMILES string of the molecule is O=C(C1=CCCO1)c1ccccc1C(F)(F)F. The first-order valence-corrected chi connectivity index (χ1v) is 5.04. The molecule has 5 heteroatoms. The van der Waals surface area contributed by atoms with Gasteiger partial charge in [-0.25, -0.2) is 0 Å². The fourth-order valence-electron chi connectivity index (χ4n) is 1.64. The third-order valence-electron chi connectivity index (χ3n) is 2.41. The highest BCUT2D eigenvalue weighted by Gasteiger charge is 2.35. The van der Waals surface area contributed by atoms with Gasteiger partial charge in [-0.3, -0.25) is 4.79 Å². The summed E-state index contributed by atoms with van der Waals surface area (Å²) in [6.45, 7) is 0.343. The van der Waals surface area contributed by atoms with Crippen LogP contribution in [-0.2, 0) is 10.9 Å². The molecule has 0 N–H and O–H groups in total. The summed E-state index contributed by atoms with van der Waals surface area (Å²) in [5.41, 5.74) is -1.30. The summed E-state index contributed by atoms with van der Waals surface area (Å²) in [7, 11) is 0. The fraction of sp³-hybridized carbons (Fsp3) is 0.250. The van der Waals surface area contributed by atoms with Crippen molar-refractivity contribution in [3.63, 3.8) is 0 Å². The number of rotatable bonds is 2. The van der Waals surface area contributed by atoms with E-state index >= 15 is 0 Å². The van der Waals surface area contributed by atoms with Crippen molar-refractivity contribution in [2.45, 2.75) is 12.6 Å². The first-order valence-electron chi connectivity index (χ1n) is 5.04. The van der Waals surface area contributed by atoms with E-state index in [1.165, 1.54) is 18.2 Å². The monoisotopic (exact) mass is 242 g/mol. The van der Waals surface area contributed by atoms with Crippen molar-refractivity contribution in [1.29, 1.82) is 0 Å². The molecule has 2 rings (SSSR count). The molecule has 0 saturated heterocycles. The van der Waals surface area contributed by atoms with Gasteiger partial charge in [0.2, 0.25) is 5.78 Å². The molecular formula is C12H9F3O2. The van der Waals surface area contributed by atoms with Crippen molar-refractivity contribution in [3.8, 4) is 0 Å². The Morgan fingerprint density at radius 1 is 1.24 bits per heavy atom. The standard InChI is InChI=1S/C12H9F3O2/c13-12(14,15)9-5-2-1-4-8(9)11(16)10-6-3-7-17-10/h1-2,4-6H,3,7H2. The van der Waals surface area contributed by atoms with Crippen LogP contribution in [0.5, 0.6) is 0 Å². The molecule has 1 aliphatic rings. The molecule has 0 fully saturated rings. The molecule has 17 heavy (non-hydrogen) atoms. The van der Waals surface area contributed by atoms with Gasteiger partial charge in [0, 0.05) is 12.0 Å². The number of hydrogen-bond donors (Lipinski definition) is 0. The summed E-state index contributed by atoms with van der Waals surface area (Å²) in [4.78, 5) is 11.8. The first kappa shape index (κ1) is 11.7. The van der Waals surface area contributed by atoms with Crippen molar-refractivity contribution >= 4 is 5.78 Å². The van der Waals surface area contributed by atoms with Crippen LogP contribution in [0.2, 0.25) is 0 Å². The number of hydrogen-bond acceptors (Lipinski definition) is 2. The molecule has 1 aromatic carbocycles. The van der Waals surface area contributed by atoms with Crippen LogP contribution in [0.25, 0.3) is 0 Å². The summed E-state index contributed by atoms with van der Waals surface area (Å²) in [6.07, 6.45) is -2.48. The molecular weight excluding hydrogens is 233 g/mol. The lowest BCUT2D eigenvalue weighted by atomic mass is 10.0. The number of ether oxygens (including phenoxy) is 1. The molecule has 0 atom stereocenters. The smallest absolute Gasteiger partial charge is 0.417 e. The van der Waals surface area contributed by atoms with E-state index in [1.54, 1.807) is 0 Å². The lowest BCUT2D eigenvalue weighted by Gasteiger charge is -2.11. The lowest BCUT2D eigenvalue weighted by Crippen LogP contribution is -2.14. The maximum Gasteiger partial charge on any atom is 0.417 e. The maximum atomic E-state index is 12.7. The van der Waals surface area contributed by atoms with Crippen LogP contribution in [0.15, 0.2) is 36.1 Å².